The lowest BCUT2D eigenvalue weighted by Gasteiger charge is -2.49. The van der Waals surface area contributed by atoms with Crippen molar-refractivity contribution in [2.75, 3.05) is 6.54 Å². The molecule has 64 valence electrons. The molecule has 1 N–H and O–H groups in total. The fourth-order valence-corrected chi connectivity index (χ4v) is 2.64. The van der Waals surface area contributed by atoms with Gasteiger partial charge in [-0.25, -0.2) is 0 Å². The van der Waals surface area contributed by atoms with Crippen molar-refractivity contribution in [2.24, 2.45) is 5.41 Å². The molecule has 1 saturated heterocycles. The van der Waals surface area contributed by atoms with Crippen molar-refractivity contribution < 1.29 is 0 Å². The molecule has 0 aromatic rings. The van der Waals surface area contributed by atoms with Crippen LogP contribution in [0.5, 0.6) is 0 Å². The Hall–Kier alpha value is -0.0400. The number of nitrogens with one attached hydrogen (secondary N) is 1. The molecule has 1 heterocycles. The van der Waals surface area contributed by atoms with Gasteiger partial charge in [-0.2, -0.15) is 0 Å². The molecule has 0 aromatic carbocycles. The Morgan fingerprint density at radius 2 is 1.73 bits per heavy atom. The molecule has 1 heteroatoms. The minimum Gasteiger partial charge on any atom is -0.313 e. The smallest absolute Gasteiger partial charge is 0.0108 e. The van der Waals surface area contributed by atoms with Gasteiger partial charge >= 0.3 is 0 Å². The third-order valence-electron chi connectivity index (χ3n) is 3.78. The van der Waals surface area contributed by atoms with Gasteiger partial charge in [-0.1, -0.05) is 25.7 Å². The van der Waals surface area contributed by atoms with E-state index in [1.54, 1.807) is 0 Å². The molecule has 1 nitrogen and oxygen atoms in total. The summed E-state index contributed by atoms with van der Waals surface area (Å²) in [6.45, 7) is 3.66. The minimum atomic E-state index is 0.733. The Morgan fingerprint density at radius 3 is 2.09 bits per heavy atom. The van der Waals surface area contributed by atoms with E-state index in [9.17, 15) is 0 Å². The molecular formula is C10H19N. The van der Waals surface area contributed by atoms with Crippen LogP contribution in [0.3, 0.4) is 0 Å². The molecule has 11 heavy (non-hydrogen) atoms. The van der Waals surface area contributed by atoms with Gasteiger partial charge in [0.2, 0.25) is 0 Å². The fraction of sp³-hybridized carbons (Fsp3) is 1.00. The standard InChI is InChI=1S/C10H19N/c1-9-10(8-11-9)6-4-2-3-5-7-10/h9,11H,2-8H2,1H3. The van der Waals surface area contributed by atoms with E-state index in [-0.39, 0.29) is 0 Å². The molecule has 2 fully saturated rings. The van der Waals surface area contributed by atoms with Crippen molar-refractivity contribution in [3.63, 3.8) is 0 Å². The molecule has 1 unspecified atom stereocenters. The quantitative estimate of drug-likeness (QED) is 0.563. The third-order valence-corrected chi connectivity index (χ3v) is 3.78. The average molecular weight is 153 g/mol. The molecule has 0 bridgehead atoms. The maximum Gasteiger partial charge on any atom is 0.0108 e. The summed E-state index contributed by atoms with van der Waals surface area (Å²) in [5.74, 6) is 0. The van der Waals surface area contributed by atoms with Crippen molar-refractivity contribution in [3.05, 3.63) is 0 Å². The van der Waals surface area contributed by atoms with Crippen molar-refractivity contribution >= 4 is 0 Å². The number of hydrogen-bond acceptors (Lipinski definition) is 1. The van der Waals surface area contributed by atoms with Crippen LogP contribution in [0.1, 0.15) is 45.4 Å². The molecule has 1 aliphatic carbocycles. The van der Waals surface area contributed by atoms with Crippen LogP contribution in [-0.4, -0.2) is 12.6 Å². The van der Waals surface area contributed by atoms with E-state index in [1.165, 1.54) is 45.1 Å². The summed E-state index contributed by atoms with van der Waals surface area (Å²) in [4.78, 5) is 0. The first kappa shape index (κ1) is 7.60. The average Bonchev–Trinajstić information content (AvgIpc) is 2.28. The topological polar surface area (TPSA) is 12.0 Å². The first-order valence-electron chi connectivity index (χ1n) is 5.07. The highest BCUT2D eigenvalue weighted by Gasteiger charge is 2.42. The Labute approximate surface area is 69.6 Å². The van der Waals surface area contributed by atoms with Gasteiger partial charge in [0.1, 0.15) is 0 Å². The monoisotopic (exact) mass is 153 g/mol. The van der Waals surface area contributed by atoms with Crippen LogP contribution in [0, 0.1) is 5.41 Å². The molecule has 1 spiro atoms. The molecule has 2 rings (SSSR count). The second-order valence-corrected chi connectivity index (χ2v) is 4.38. The lowest BCUT2D eigenvalue weighted by molar-refractivity contribution is 0.0745. The number of hydrogen-bond donors (Lipinski definition) is 1. The van der Waals surface area contributed by atoms with Gasteiger partial charge in [-0.05, 0) is 25.2 Å². The molecule has 1 aliphatic heterocycles. The lowest BCUT2D eigenvalue weighted by atomic mass is 9.69. The third kappa shape index (κ3) is 1.20. The van der Waals surface area contributed by atoms with Crippen LogP contribution >= 0.6 is 0 Å². The maximum absolute atomic E-state index is 3.50. The van der Waals surface area contributed by atoms with E-state index in [2.05, 4.69) is 12.2 Å². The zero-order chi connectivity index (χ0) is 7.73. The first-order valence-corrected chi connectivity index (χ1v) is 5.07. The summed E-state index contributed by atoms with van der Waals surface area (Å²) in [5.41, 5.74) is 0.733. The zero-order valence-corrected chi connectivity index (χ0v) is 7.53. The van der Waals surface area contributed by atoms with Gasteiger partial charge in [0.05, 0.1) is 0 Å². The normalized spacial score (nSPS) is 36.3. The molecule has 0 aromatic heterocycles. The second kappa shape index (κ2) is 2.78. The first-order chi connectivity index (χ1) is 5.33. The second-order valence-electron chi connectivity index (χ2n) is 4.38. The van der Waals surface area contributed by atoms with E-state index in [4.69, 9.17) is 0 Å². The Kier molecular flexibility index (Phi) is 1.92. The van der Waals surface area contributed by atoms with Crippen molar-refractivity contribution in [2.45, 2.75) is 51.5 Å². The van der Waals surface area contributed by atoms with Gasteiger partial charge in [0.25, 0.3) is 0 Å². The van der Waals surface area contributed by atoms with Crippen LogP contribution < -0.4 is 5.32 Å². The Balaban J connectivity index is 1.99. The van der Waals surface area contributed by atoms with Crippen molar-refractivity contribution in [1.29, 1.82) is 0 Å². The van der Waals surface area contributed by atoms with Crippen molar-refractivity contribution in [3.8, 4) is 0 Å². The van der Waals surface area contributed by atoms with Crippen LogP contribution in [0.15, 0.2) is 0 Å². The summed E-state index contributed by atoms with van der Waals surface area (Å²) in [5, 5.41) is 3.50. The van der Waals surface area contributed by atoms with Gasteiger partial charge in [-0.15, -0.1) is 0 Å². The predicted molar refractivity (Wildman–Crippen MR) is 47.6 cm³/mol. The summed E-state index contributed by atoms with van der Waals surface area (Å²) < 4.78 is 0. The van der Waals surface area contributed by atoms with E-state index in [0.29, 0.717) is 0 Å². The van der Waals surface area contributed by atoms with E-state index in [0.717, 1.165) is 11.5 Å². The highest BCUT2D eigenvalue weighted by atomic mass is 15.0. The Bertz CT molecular complexity index is 134. The molecule has 2 aliphatic rings. The molecular weight excluding hydrogens is 134 g/mol. The molecule has 0 amide bonds. The van der Waals surface area contributed by atoms with Crippen LogP contribution in [0.4, 0.5) is 0 Å². The van der Waals surface area contributed by atoms with E-state index in [1.807, 2.05) is 0 Å². The van der Waals surface area contributed by atoms with Gasteiger partial charge in [0, 0.05) is 12.6 Å². The van der Waals surface area contributed by atoms with Gasteiger partial charge in [-0.3, -0.25) is 0 Å². The SMILES string of the molecule is CC1NCC12CCCCCC2. The maximum atomic E-state index is 3.50. The number of rotatable bonds is 0. The Morgan fingerprint density at radius 1 is 1.09 bits per heavy atom. The zero-order valence-electron chi connectivity index (χ0n) is 7.53. The molecule has 1 atom stereocenters. The minimum absolute atomic E-state index is 0.733. The van der Waals surface area contributed by atoms with Gasteiger partial charge in [0.15, 0.2) is 0 Å². The van der Waals surface area contributed by atoms with Crippen LogP contribution in [0.25, 0.3) is 0 Å². The summed E-state index contributed by atoms with van der Waals surface area (Å²) in [6, 6.07) is 0.806. The molecule has 1 saturated carbocycles. The fourth-order valence-electron chi connectivity index (χ4n) is 2.64. The van der Waals surface area contributed by atoms with Crippen LogP contribution in [0.2, 0.25) is 0 Å². The molecule has 0 radical (unpaired) electrons. The predicted octanol–water partition coefficient (Wildman–Crippen LogP) is 2.32. The van der Waals surface area contributed by atoms with Crippen LogP contribution in [-0.2, 0) is 0 Å². The summed E-state index contributed by atoms with van der Waals surface area (Å²) in [7, 11) is 0. The lowest BCUT2D eigenvalue weighted by Crippen LogP contribution is -2.60. The largest absolute Gasteiger partial charge is 0.313 e. The van der Waals surface area contributed by atoms with Gasteiger partial charge < -0.3 is 5.32 Å². The van der Waals surface area contributed by atoms with E-state index < -0.39 is 0 Å². The summed E-state index contributed by atoms with van der Waals surface area (Å²) >= 11 is 0. The summed E-state index contributed by atoms with van der Waals surface area (Å²) in [6.07, 6.45) is 8.89. The van der Waals surface area contributed by atoms with Crippen molar-refractivity contribution in [1.82, 2.24) is 5.32 Å². The highest BCUT2D eigenvalue weighted by Crippen LogP contribution is 2.42. The highest BCUT2D eigenvalue weighted by molar-refractivity contribution is 4.99. The van der Waals surface area contributed by atoms with E-state index >= 15 is 0 Å².